The van der Waals surface area contributed by atoms with Gasteiger partial charge in [0.2, 0.25) is 5.91 Å². The number of thioether (sulfide) groups is 1. The number of nitrogens with zero attached hydrogens (tertiary/aromatic N) is 1. The molecule has 1 aliphatic carbocycles. The number of benzene rings is 1. The zero-order chi connectivity index (χ0) is 24.9. The highest BCUT2D eigenvalue weighted by Gasteiger charge is 2.35. The molecule has 1 heterocycles. The predicted octanol–water partition coefficient (Wildman–Crippen LogP) is 5.37. The Morgan fingerprint density at radius 1 is 1.09 bits per heavy atom. The van der Waals surface area contributed by atoms with Crippen LogP contribution in [0.3, 0.4) is 0 Å². The van der Waals surface area contributed by atoms with E-state index in [1.54, 1.807) is 11.8 Å². The van der Waals surface area contributed by atoms with Gasteiger partial charge in [0.15, 0.2) is 11.6 Å². The third-order valence-electron chi connectivity index (χ3n) is 6.80. The summed E-state index contributed by atoms with van der Waals surface area (Å²) in [6, 6.07) is 1.07. The van der Waals surface area contributed by atoms with Crippen LogP contribution >= 0.6 is 11.8 Å². The summed E-state index contributed by atoms with van der Waals surface area (Å²) in [5.41, 5.74) is 0.0599. The van der Waals surface area contributed by atoms with Gasteiger partial charge in [0.25, 0.3) is 0 Å². The van der Waals surface area contributed by atoms with Gasteiger partial charge in [0.1, 0.15) is 10.6 Å². The second-order valence-corrected chi connectivity index (χ2v) is 13.7. The van der Waals surface area contributed by atoms with E-state index in [-0.39, 0.29) is 29.9 Å². The van der Waals surface area contributed by atoms with Crippen LogP contribution in [0.5, 0.6) is 0 Å². The summed E-state index contributed by atoms with van der Waals surface area (Å²) >= 11 is 0.365. The zero-order valence-corrected chi connectivity index (χ0v) is 22.0. The van der Waals surface area contributed by atoms with Crippen LogP contribution in [0.15, 0.2) is 12.1 Å². The van der Waals surface area contributed by atoms with Crippen LogP contribution in [0.4, 0.5) is 13.2 Å². The summed E-state index contributed by atoms with van der Waals surface area (Å²) in [5.74, 6) is -2.42. The molecular weight excluding hydrogens is 481 g/mol. The highest BCUT2D eigenvalue weighted by molar-refractivity contribution is 8.00. The molecule has 2 atom stereocenters. The van der Waals surface area contributed by atoms with Crippen LogP contribution in [-0.4, -0.2) is 50.2 Å². The molecular formula is C25H37F3N2O2S2. The van der Waals surface area contributed by atoms with Crippen molar-refractivity contribution in [2.75, 3.05) is 18.8 Å². The lowest BCUT2D eigenvalue weighted by Crippen LogP contribution is -2.51. The van der Waals surface area contributed by atoms with Crippen LogP contribution in [0.2, 0.25) is 0 Å². The molecule has 34 heavy (non-hydrogen) atoms. The molecule has 0 radical (unpaired) electrons. The first-order valence-electron chi connectivity index (χ1n) is 12.3. The van der Waals surface area contributed by atoms with E-state index in [0.29, 0.717) is 43.0 Å². The number of carbonyl (C=O) groups is 1. The van der Waals surface area contributed by atoms with E-state index in [2.05, 4.69) is 4.72 Å². The van der Waals surface area contributed by atoms with Gasteiger partial charge in [0, 0.05) is 35.8 Å². The molecule has 2 aliphatic rings. The van der Waals surface area contributed by atoms with Gasteiger partial charge in [-0.05, 0) is 70.4 Å². The Labute approximate surface area is 209 Å². The van der Waals surface area contributed by atoms with Gasteiger partial charge in [0.05, 0.1) is 11.8 Å². The van der Waals surface area contributed by atoms with Crippen LogP contribution in [0, 0.1) is 23.4 Å². The number of hydrogen-bond donors (Lipinski definition) is 1. The Morgan fingerprint density at radius 2 is 1.71 bits per heavy atom. The molecule has 4 nitrogen and oxygen atoms in total. The van der Waals surface area contributed by atoms with Crippen molar-refractivity contribution in [2.24, 2.45) is 5.92 Å². The SMILES string of the molecule is CC(C)(C)[S+]([O-])N[C@H](Cc1cc(F)c(F)cc1F)C1CCN(C(=O)CSC2CCCCC2)CC1. The molecule has 0 aromatic heterocycles. The number of carbonyl (C=O) groups excluding carboxylic acids is 1. The summed E-state index contributed by atoms with van der Waals surface area (Å²) in [5, 5.41) is 0.585. The van der Waals surface area contributed by atoms with Gasteiger partial charge in [-0.1, -0.05) is 19.3 Å². The molecule has 1 saturated heterocycles. The van der Waals surface area contributed by atoms with Gasteiger partial charge in [-0.15, -0.1) is 16.5 Å². The topological polar surface area (TPSA) is 55.4 Å². The van der Waals surface area contributed by atoms with Gasteiger partial charge in [-0.3, -0.25) is 4.79 Å². The van der Waals surface area contributed by atoms with E-state index < -0.39 is 33.6 Å². The lowest BCUT2D eigenvalue weighted by atomic mass is 9.86. The Hall–Kier alpha value is -0.900. The quantitative estimate of drug-likeness (QED) is 0.371. The van der Waals surface area contributed by atoms with E-state index >= 15 is 0 Å². The fraction of sp³-hybridized carbons (Fsp3) is 0.720. The highest BCUT2D eigenvalue weighted by Crippen LogP contribution is 2.30. The van der Waals surface area contributed by atoms with E-state index in [1.807, 2.05) is 25.7 Å². The minimum absolute atomic E-state index is 0.0360. The number of halogens is 3. The van der Waals surface area contributed by atoms with Gasteiger partial charge >= 0.3 is 0 Å². The average Bonchev–Trinajstić information content (AvgIpc) is 2.80. The molecule has 1 saturated carbocycles. The third kappa shape index (κ3) is 7.80. The van der Waals surface area contributed by atoms with Gasteiger partial charge in [-0.25, -0.2) is 13.2 Å². The number of hydrogen-bond acceptors (Lipinski definition) is 4. The normalized spacial score (nSPS) is 20.4. The number of likely N-dealkylation sites (tertiary alicyclic amines) is 1. The Balaban J connectivity index is 1.61. The fourth-order valence-electron chi connectivity index (χ4n) is 4.64. The molecule has 1 amide bonds. The second kappa shape index (κ2) is 12.4. The van der Waals surface area contributed by atoms with E-state index in [1.165, 1.54) is 32.1 Å². The second-order valence-electron chi connectivity index (χ2n) is 10.5. The molecule has 0 bridgehead atoms. The molecule has 1 aliphatic heterocycles. The monoisotopic (exact) mass is 518 g/mol. The van der Waals surface area contributed by atoms with Crippen molar-refractivity contribution in [3.8, 4) is 0 Å². The zero-order valence-electron chi connectivity index (χ0n) is 20.4. The first-order chi connectivity index (χ1) is 16.0. The number of amides is 1. The number of nitrogens with one attached hydrogen (secondary N) is 1. The molecule has 1 N–H and O–H groups in total. The lowest BCUT2D eigenvalue weighted by Gasteiger charge is -2.38. The molecule has 1 aromatic carbocycles. The van der Waals surface area contributed by atoms with Crippen LogP contribution in [0.1, 0.15) is 71.3 Å². The van der Waals surface area contributed by atoms with Crippen molar-refractivity contribution in [1.29, 1.82) is 0 Å². The Kier molecular flexibility index (Phi) is 10.1. The molecule has 1 unspecified atom stereocenters. The summed E-state index contributed by atoms with van der Waals surface area (Å²) < 4.78 is 57.0. The van der Waals surface area contributed by atoms with Crippen molar-refractivity contribution in [3.63, 3.8) is 0 Å². The Bertz CT molecular complexity index is 823. The van der Waals surface area contributed by atoms with Crippen LogP contribution in [0.25, 0.3) is 0 Å². The van der Waals surface area contributed by atoms with Crippen LogP contribution in [-0.2, 0) is 22.6 Å². The number of piperidine rings is 1. The maximum Gasteiger partial charge on any atom is 0.232 e. The maximum absolute atomic E-state index is 14.4. The lowest BCUT2D eigenvalue weighted by molar-refractivity contribution is -0.129. The molecule has 0 spiro atoms. The van der Waals surface area contributed by atoms with Crippen molar-refractivity contribution >= 4 is 29.0 Å². The van der Waals surface area contributed by atoms with Crippen LogP contribution < -0.4 is 4.72 Å². The third-order valence-corrected chi connectivity index (χ3v) is 9.79. The molecule has 192 valence electrons. The summed E-state index contributed by atoms with van der Waals surface area (Å²) in [4.78, 5) is 14.6. The van der Waals surface area contributed by atoms with Gasteiger partial charge in [-0.2, -0.15) is 0 Å². The predicted molar refractivity (Wildman–Crippen MR) is 133 cm³/mol. The minimum Gasteiger partial charge on any atom is -0.598 e. The smallest absolute Gasteiger partial charge is 0.232 e. The van der Waals surface area contributed by atoms with Crippen molar-refractivity contribution in [1.82, 2.24) is 9.62 Å². The molecule has 1 aromatic rings. The van der Waals surface area contributed by atoms with Crippen molar-refractivity contribution < 1.29 is 22.5 Å². The molecule has 3 rings (SSSR count). The minimum atomic E-state index is -1.41. The first kappa shape index (κ1) is 27.7. The molecule has 2 fully saturated rings. The Morgan fingerprint density at radius 3 is 2.32 bits per heavy atom. The standard InChI is InChI=1S/C25H37F3N2O2S2/c1-25(2,3)34(32)29-23(14-18-13-21(27)22(28)15-20(18)26)17-9-11-30(12-10-17)24(31)16-33-19-7-5-4-6-8-19/h13,15,17,19,23,29H,4-12,14,16H2,1-3H3/t23-,34?/m1/s1. The largest absolute Gasteiger partial charge is 0.598 e. The summed E-state index contributed by atoms with van der Waals surface area (Å²) in [6.45, 7) is 6.72. The van der Waals surface area contributed by atoms with E-state index in [0.717, 1.165) is 6.07 Å². The highest BCUT2D eigenvalue weighted by atomic mass is 32.2. The summed E-state index contributed by atoms with van der Waals surface area (Å²) in [7, 11) is 0. The maximum atomic E-state index is 14.4. The first-order valence-corrected chi connectivity index (χ1v) is 14.5. The van der Waals surface area contributed by atoms with E-state index in [9.17, 15) is 22.5 Å². The van der Waals surface area contributed by atoms with Crippen molar-refractivity contribution in [3.05, 3.63) is 35.1 Å². The molecule has 9 heteroatoms. The fourth-order valence-corrected chi connectivity index (χ4v) is 6.77. The number of rotatable bonds is 8. The van der Waals surface area contributed by atoms with Gasteiger partial charge < -0.3 is 9.45 Å². The van der Waals surface area contributed by atoms with E-state index in [4.69, 9.17) is 0 Å². The average molecular weight is 519 g/mol. The summed E-state index contributed by atoms with van der Waals surface area (Å²) in [6.07, 6.45) is 7.65. The van der Waals surface area contributed by atoms with Crippen molar-refractivity contribution in [2.45, 2.75) is 88.2 Å².